The van der Waals surface area contributed by atoms with Crippen LogP contribution in [0.1, 0.15) is 59.3 Å². The lowest BCUT2D eigenvalue weighted by Crippen LogP contribution is -2.34. The topological polar surface area (TPSA) is 320 Å². The number of ether oxygens (including phenoxy) is 9. The number of pyridine rings is 1. The maximum absolute atomic E-state index is 12.3. The number of hydrogen-bond acceptors (Lipinski definition) is 21. The molecule has 0 saturated carbocycles. The summed E-state index contributed by atoms with van der Waals surface area (Å²) in [6, 6.07) is 51.4. The first-order chi connectivity index (χ1) is 49.7. The number of halogens is 1. The molecule has 0 fully saturated rings. The van der Waals surface area contributed by atoms with Crippen molar-refractivity contribution >= 4 is 51.0 Å². The zero-order valence-electron chi connectivity index (χ0n) is 58.9. The largest absolute Gasteiger partial charge is 0.491 e. The van der Waals surface area contributed by atoms with Gasteiger partial charge in [-0.15, -0.1) is 0 Å². The number of aliphatic hydroxyl groups excluding tert-OH is 1. The number of nitrogens with zero attached hydrogens (tertiary/aromatic N) is 1. The average Bonchev–Trinajstić information content (AvgIpc) is 0.817. The molecule has 0 unspecified atom stereocenters. The maximum atomic E-state index is 12.3. The van der Waals surface area contributed by atoms with Crippen molar-refractivity contribution in [3.8, 4) is 51.2 Å². The van der Waals surface area contributed by atoms with Crippen molar-refractivity contribution in [2.75, 3.05) is 113 Å². The van der Waals surface area contributed by atoms with Crippen molar-refractivity contribution in [2.24, 2.45) is 5.73 Å². The maximum Gasteiger partial charge on any atom is 0.407 e. The Kier molecular flexibility index (Phi) is 36.5. The second-order valence-electron chi connectivity index (χ2n) is 23.8. The lowest BCUT2D eigenvalue weighted by Gasteiger charge is -2.19. The third kappa shape index (κ3) is 30.4. The number of benzene rings is 6. The van der Waals surface area contributed by atoms with Gasteiger partial charge in [-0.1, -0.05) is 43.8 Å². The van der Waals surface area contributed by atoms with Crippen LogP contribution in [0.15, 0.2) is 216 Å². The number of alkyl carbamates (subject to hydrolysis) is 2. The Morgan fingerprint density at radius 2 is 0.750 bits per heavy atom. The van der Waals surface area contributed by atoms with Crippen molar-refractivity contribution < 1.29 is 79.8 Å². The third-order valence-electron chi connectivity index (χ3n) is 13.6. The first-order valence-corrected chi connectivity index (χ1v) is 33.2. The molecule has 0 aliphatic rings. The normalized spacial score (nSPS) is 10.8. The number of alkyl halides is 1. The Labute approximate surface area is 603 Å². The molecule has 3 amide bonds. The Bertz CT molecular complexity index is 4350. The number of nitrogens with one attached hydrogen (secondary N) is 3. The van der Waals surface area contributed by atoms with E-state index in [9.17, 15) is 33.2 Å². The van der Waals surface area contributed by atoms with Gasteiger partial charge in [-0.2, -0.15) is 0 Å². The predicted molar refractivity (Wildman–Crippen MR) is 398 cm³/mol. The summed E-state index contributed by atoms with van der Waals surface area (Å²) in [5.41, 5.74) is 8.82. The molecule has 0 saturated heterocycles. The predicted octanol–water partition coefficient (Wildman–Crippen LogP) is 12.6. The van der Waals surface area contributed by atoms with Crippen molar-refractivity contribution in [1.29, 1.82) is 0 Å². The molecular formula is C79H94FN5O19. The zero-order valence-corrected chi connectivity index (χ0v) is 58.9. The van der Waals surface area contributed by atoms with Gasteiger partial charge in [0.25, 0.3) is 5.91 Å². The first-order valence-electron chi connectivity index (χ1n) is 33.2. The van der Waals surface area contributed by atoms with E-state index in [4.69, 9.17) is 66.7 Å². The quantitative estimate of drug-likeness (QED) is 0.0272. The summed E-state index contributed by atoms with van der Waals surface area (Å²) in [7, 11) is 0.500. The van der Waals surface area contributed by atoms with E-state index in [0.717, 1.165) is 22.4 Å². The lowest BCUT2D eigenvalue weighted by molar-refractivity contribution is 0.0476. The van der Waals surface area contributed by atoms with Crippen molar-refractivity contribution in [3.63, 3.8) is 0 Å². The van der Waals surface area contributed by atoms with E-state index in [1.54, 1.807) is 81.7 Å². The molecule has 4 aromatic heterocycles. The average molecular weight is 1440 g/mol. The Morgan fingerprint density at radius 1 is 0.433 bits per heavy atom. The number of fused-ring (bicyclic) bond motifs is 3. The Hall–Kier alpha value is -10.8. The minimum atomic E-state index is -0.520. The number of amides is 3. The molecule has 0 aliphatic heterocycles. The highest BCUT2D eigenvalue weighted by atomic mass is 19.1. The van der Waals surface area contributed by atoms with Crippen LogP contribution in [-0.4, -0.2) is 152 Å². The summed E-state index contributed by atoms with van der Waals surface area (Å²) < 4.78 is 75.2. The monoisotopic (exact) mass is 1440 g/mol. The van der Waals surface area contributed by atoms with Gasteiger partial charge in [0, 0.05) is 79.0 Å². The first kappa shape index (κ1) is 83.9. The third-order valence-corrected chi connectivity index (χ3v) is 13.6. The number of carbonyl (C=O) groups excluding carboxylic acids is 3. The lowest BCUT2D eigenvalue weighted by atomic mass is 10.1. The van der Waals surface area contributed by atoms with Gasteiger partial charge in [-0.25, -0.2) is 9.59 Å². The summed E-state index contributed by atoms with van der Waals surface area (Å²) in [6.07, 6.45) is 2.24. The number of hydrogen-bond donors (Lipinski definition) is 5. The van der Waals surface area contributed by atoms with E-state index >= 15 is 0 Å². The fourth-order valence-electron chi connectivity index (χ4n) is 9.02. The molecule has 6 N–H and O–H groups in total. The molecule has 4 heterocycles. The van der Waals surface area contributed by atoms with Gasteiger partial charge >= 0.3 is 12.2 Å². The van der Waals surface area contributed by atoms with E-state index in [2.05, 4.69) is 20.9 Å². The number of aromatic nitrogens is 1. The fraction of sp³-hybridized carbons (Fsp3) is 0.329. The standard InChI is InChI=1S/C25H22N2O5.C24H27NO6.C19H19NO4.C9H19NO4.CH3F.CH4/c28-22-17-24(32-23-4-2-1-3-21(22)23)18-5-7-20(8-6-18)31-16-15-30-14-13-27-25(29)19-9-11-26-12-10-19;1-24(2,3)31-23(27)25-12-13-28-14-15-29-18-10-8-17(9-11-18)22-16-20(26)19-6-4-5-7-21(19)30-22;20-9-10-22-11-12-23-15-7-5-14(6-8-15)19-13-17(21)16-3-1-2-4-18(16)24-19;1-9(2,3)14-8(12)10-4-6-13-7-5-11;1-2;/h1-12,17H,13-16H2,(H,27,29);4-11,16H,12-15H2,1-3H3,(H,25,27);1-8,13H,9-12,20H2;11H,4-7H2,1-3H3,(H,10,12);1H3;1H4. The molecule has 24 nitrogen and oxygen atoms in total. The molecule has 10 aromatic rings. The van der Waals surface area contributed by atoms with Gasteiger partial charge in [0.15, 0.2) is 16.3 Å². The molecule has 10 rings (SSSR count). The van der Waals surface area contributed by atoms with Gasteiger partial charge in [0.1, 0.15) is 82.3 Å². The fourth-order valence-corrected chi connectivity index (χ4v) is 9.02. The highest BCUT2D eigenvalue weighted by molar-refractivity contribution is 5.94. The number of nitrogens with two attached hydrogens (primary N) is 1. The van der Waals surface area contributed by atoms with Gasteiger partial charge in [-0.3, -0.25) is 28.6 Å². The molecule has 556 valence electrons. The van der Waals surface area contributed by atoms with Gasteiger partial charge in [-0.05, 0) is 163 Å². The minimum Gasteiger partial charge on any atom is -0.491 e. The molecule has 0 spiro atoms. The van der Waals surface area contributed by atoms with Crippen LogP contribution in [0.4, 0.5) is 14.0 Å². The molecule has 104 heavy (non-hydrogen) atoms. The van der Waals surface area contributed by atoms with Gasteiger partial charge in [0.2, 0.25) is 0 Å². The van der Waals surface area contributed by atoms with Crippen molar-refractivity contribution in [2.45, 2.75) is 60.2 Å². The minimum absolute atomic E-state index is 0. The number of rotatable bonds is 29. The van der Waals surface area contributed by atoms with Crippen LogP contribution < -0.4 is 52.2 Å². The van der Waals surface area contributed by atoms with Crippen molar-refractivity contribution in [1.82, 2.24) is 20.9 Å². The van der Waals surface area contributed by atoms with E-state index in [1.165, 1.54) is 18.2 Å². The molecule has 0 atom stereocenters. The summed E-state index contributed by atoms with van der Waals surface area (Å²) >= 11 is 0. The SMILES string of the molecule is C.CC(C)(C)OC(=O)NCCOCCO.CC(C)(C)OC(=O)NCCOCCOc1ccc(-c2cc(=O)c3ccccc3o2)cc1.CF.NCCOCCOc1ccc(-c2cc(=O)c3ccccc3o2)cc1.O=C(NCCOCCOc1ccc(-c2cc(=O)c3ccccc3o2)cc1)c1ccncc1. The van der Waals surface area contributed by atoms with Crippen LogP contribution in [-0.2, 0) is 28.4 Å². The van der Waals surface area contributed by atoms with Crippen LogP contribution in [0.3, 0.4) is 0 Å². The summed E-state index contributed by atoms with van der Waals surface area (Å²) in [5, 5.41) is 18.0. The number of para-hydroxylation sites is 3. The summed E-state index contributed by atoms with van der Waals surface area (Å²) in [5.74, 6) is 3.51. The molecule has 6 aromatic carbocycles. The summed E-state index contributed by atoms with van der Waals surface area (Å²) in [6.45, 7) is 16.9. The van der Waals surface area contributed by atoms with Gasteiger partial charge in [0.05, 0.1) is 82.8 Å². The van der Waals surface area contributed by atoms with Crippen LogP contribution in [0.2, 0.25) is 0 Å². The smallest absolute Gasteiger partial charge is 0.407 e. The number of aliphatic hydroxyl groups is 1. The van der Waals surface area contributed by atoms with E-state index in [0.29, 0.717) is 167 Å². The second kappa shape index (κ2) is 45.2. The number of carbonyl (C=O) groups is 3. The molecule has 0 radical (unpaired) electrons. The van der Waals surface area contributed by atoms with E-state index < -0.39 is 23.4 Å². The van der Waals surface area contributed by atoms with Crippen molar-refractivity contribution in [3.05, 3.63) is 225 Å². The van der Waals surface area contributed by atoms with Crippen LogP contribution in [0, 0.1) is 0 Å². The molecule has 25 heteroatoms. The zero-order chi connectivity index (χ0) is 74.2. The van der Waals surface area contributed by atoms with E-state index in [-0.39, 0.29) is 42.8 Å². The van der Waals surface area contributed by atoms with E-state index in [1.807, 2.05) is 130 Å². The Morgan fingerprint density at radius 3 is 1.08 bits per heavy atom. The highest BCUT2D eigenvalue weighted by Crippen LogP contribution is 2.28. The highest BCUT2D eigenvalue weighted by Gasteiger charge is 2.17. The summed E-state index contributed by atoms with van der Waals surface area (Å²) in [4.78, 5) is 75.0. The molecule has 0 aliphatic carbocycles. The molecule has 0 bridgehead atoms. The Balaban J connectivity index is 0.000000255. The van der Waals surface area contributed by atoms with Crippen LogP contribution >= 0.6 is 0 Å². The van der Waals surface area contributed by atoms with Crippen LogP contribution in [0.25, 0.3) is 66.9 Å². The van der Waals surface area contributed by atoms with Gasteiger partial charge < -0.3 is 82.7 Å². The molecular weight excluding hydrogens is 1340 g/mol. The second-order valence-corrected chi connectivity index (χ2v) is 23.8. The van der Waals surface area contributed by atoms with Crippen LogP contribution in [0.5, 0.6) is 17.2 Å².